The van der Waals surface area contributed by atoms with E-state index in [1.807, 2.05) is 32.0 Å². The Balaban J connectivity index is 1.64. The molecule has 0 radical (unpaired) electrons. The maximum atomic E-state index is 11.8. The molecule has 21 heavy (non-hydrogen) atoms. The van der Waals surface area contributed by atoms with Gasteiger partial charge in [0.25, 0.3) is 0 Å². The van der Waals surface area contributed by atoms with Crippen molar-refractivity contribution in [1.29, 1.82) is 0 Å². The van der Waals surface area contributed by atoms with Gasteiger partial charge in [0.15, 0.2) is 0 Å². The van der Waals surface area contributed by atoms with Gasteiger partial charge in [-0.05, 0) is 38.7 Å². The summed E-state index contributed by atoms with van der Waals surface area (Å²) < 4.78 is 5.09. The molecule has 0 bridgehead atoms. The van der Waals surface area contributed by atoms with Gasteiger partial charge in [0.2, 0.25) is 5.91 Å². The van der Waals surface area contributed by atoms with E-state index in [-0.39, 0.29) is 5.91 Å². The normalized spacial score (nSPS) is 10.6. The molecule has 0 saturated carbocycles. The van der Waals surface area contributed by atoms with Crippen molar-refractivity contribution in [1.82, 2.24) is 10.5 Å². The standard InChI is InChI=1S/C17H22N2O2/c1-13-16(14(2)21-19-13)10-11-17(20)18-12-6-9-15-7-4-3-5-8-15/h3-5,7-8H,6,9-12H2,1-2H3,(H,18,20). The molecule has 0 aliphatic carbocycles. The number of amides is 1. The van der Waals surface area contributed by atoms with Crippen molar-refractivity contribution in [3.63, 3.8) is 0 Å². The minimum absolute atomic E-state index is 0.0862. The lowest BCUT2D eigenvalue weighted by Crippen LogP contribution is -2.25. The molecule has 2 aromatic rings. The lowest BCUT2D eigenvalue weighted by molar-refractivity contribution is -0.121. The molecule has 1 N–H and O–H groups in total. The Labute approximate surface area is 125 Å². The van der Waals surface area contributed by atoms with Gasteiger partial charge in [0.05, 0.1) is 5.69 Å². The highest BCUT2D eigenvalue weighted by Gasteiger charge is 2.10. The van der Waals surface area contributed by atoms with E-state index in [1.54, 1.807) is 0 Å². The van der Waals surface area contributed by atoms with Crippen LogP contribution in [0.4, 0.5) is 0 Å². The Morgan fingerprint density at radius 2 is 1.95 bits per heavy atom. The van der Waals surface area contributed by atoms with Crippen molar-refractivity contribution in [2.75, 3.05) is 6.54 Å². The summed E-state index contributed by atoms with van der Waals surface area (Å²) in [6, 6.07) is 10.3. The zero-order valence-electron chi connectivity index (χ0n) is 12.7. The van der Waals surface area contributed by atoms with E-state index >= 15 is 0 Å². The van der Waals surface area contributed by atoms with Gasteiger partial charge < -0.3 is 9.84 Å². The first-order valence-electron chi connectivity index (χ1n) is 7.39. The van der Waals surface area contributed by atoms with Crippen LogP contribution in [0.25, 0.3) is 0 Å². The van der Waals surface area contributed by atoms with Crippen LogP contribution >= 0.6 is 0 Å². The van der Waals surface area contributed by atoms with Gasteiger partial charge in [-0.1, -0.05) is 35.5 Å². The lowest BCUT2D eigenvalue weighted by Gasteiger charge is -2.05. The minimum Gasteiger partial charge on any atom is -0.361 e. The van der Waals surface area contributed by atoms with Crippen molar-refractivity contribution in [3.8, 4) is 0 Å². The van der Waals surface area contributed by atoms with Crippen LogP contribution in [-0.4, -0.2) is 17.6 Å². The number of hydrogen-bond acceptors (Lipinski definition) is 3. The molecule has 0 unspecified atom stereocenters. The maximum Gasteiger partial charge on any atom is 0.220 e. The number of benzene rings is 1. The molecule has 1 amide bonds. The van der Waals surface area contributed by atoms with Gasteiger partial charge in [-0.25, -0.2) is 0 Å². The summed E-state index contributed by atoms with van der Waals surface area (Å²) >= 11 is 0. The number of aromatic nitrogens is 1. The summed E-state index contributed by atoms with van der Waals surface area (Å²) in [4.78, 5) is 11.8. The fraction of sp³-hybridized carbons (Fsp3) is 0.412. The van der Waals surface area contributed by atoms with E-state index in [0.29, 0.717) is 12.8 Å². The fourth-order valence-electron chi connectivity index (χ4n) is 2.35. The second kappa shape index (κ2) is 7.62. The van der Waals surface area contributed by atoms with Gasteiger partial charge in [-0.2, -0.15) is 0 Å². The van der Waals surface area contributed by atoms with Gasteiger partial charge >= 0.3 is 0 Å². The van der Waals surface area contributed by atoms with E-state index in [0.717, 1.165) is 36.4 Å². The molecular formula is C17H22N2O2. The van der Waals surface area contributed by atoms with Gasteiger partial charge in [-0.15, -0.1) is 0 Å². The first-order chi connectivity index (χ1) is 10.2. The van der Waals surface area contributed by atoms with Crippen molar-refractivity contribution in [2.24, 2.45) is 0 Å². The minimum atomic E-state index is 0.0862. The fourth-order valence-corrected chi connectivity index (χ4v) is 2.35. The highest BCUT2D eigenvalue weighted by Crippen LogP contribution is 2.14. The first kappa shape index (κ1) is 15.3. The van der Waals surface area contributed by atoms with Gasteiger partial charge in [-0.3, -0.25) is 4.79 Å². The zero-order chi connectivity index (χ0) is 15.1. The largest absolute Gasteiger partial charge is 0.361 e. The summed E-state index contributed by atoms with van der Waals surface area (Å²) in [5, 5.41) is 6.86. The van der Waals surface area contributed by atoms with Crippen LogP contribution < -0.4 is 5.32 Å². The molecule has 0 saturated heterocycles. The summed E-state index contributed by atoms with van der Waals surface area (Å²) in [7, 11) is 0. The Kier molecular flexibility index (Phi) is 5.55. The molecule has 4 heteroatoms. The number of nitrogens with zero attached hydrogens (tertiary/aromatic N) is 1. The van der Waals surface area contributed by atoms with Gasteiger partial charge in [0, 0.05) is 18.5 Å². The Morgan fingerprint density at radius 3 is 2.62 bits per heavy atom. The van der Waals surface area contributed by atoms with Crippen LogP contribution in [-0.2, 0) is 17.6 Å². The molecule has 0 spiro atoms. The second-order valence-corrected chi connectivity index (χ2v) is 5.24. The topological polar surface area (TPSA) is 55.1 Å². The Hall–Kier alpha value is -2.10. The van der Waals surface area contributed by atoms with E-state index in [9.17, 15) is 4.79 Å². The number of nitrogens with one attached hydrogen (secondary N) is 1. The van der Waals surface area contributed by atoms with Crippen molar-refractivity contribution < 1.29 is 9.32 Å². The van der Waals surface area contributed by atoms with Crippen LogP contribution in [0.5, 0.6) is 0 Å². The number of rotatable bonds is 7. The highest BCUT2D eigenvalue weighted by atomic mass is 16.5. The second-order valence-electron chi connectivity index (χ2n) is 5.24. The lowest BCUT2D eigenvalue weighted by atomic mass is 10.1. The molecule has 1 aromatic carbocycles. The summed E-state index contributed by atoms with van der Waals surface area (Å²) in [6.07, 6.45) is 3.12. The summed E-state index contributed by atoms with van der Waals surface area (Å²) in [5.74, 6) is 0.896. The number of aryl methyl sites for hydroxylation is 3. The summed E-state index contributed by atoms with van der Waals surface area (Å²) in [6.45, 7) is 4.51. The van der Waals surface area contributed by atoms with E-state index in [1.165, 1.54) is 5.56 Å². The Bertz CT molecular complexity index is 556. The predicted molar refractivity (Wildman–Crippen MR) is 82.1 cm³/mol. The van der Waals surface area contributed by atoms with Crippen LogP contribution in [0.15, 0.2) is 34.9 Å². The van der Waals surface area contributed by atoms with Gasteiger partial charge in [0.1, 0.15) is 5.76 Å². The Morgan fingerprint density at radius 1 is 1.19 bits per heavy atom. The van der Waals surface area contributed by atoms with Crippen molar-refractivity contribution in [2.45, 2.75) is 39.5 Å². The number of carbonyl (C=O) groups excluding carboxylic acids is 1. The van der Waals surface area contributed by atoms with Crippen LogP contribution in [0.2, 0.25) is 0 Å². The van der Waals surface area contributed by atoms with Crippen LogP contribution in [0, 0.1) is 13.8 Å². The average Bonchev–Trinajstić information content (AvgIpc) is 2.81. The quantitative estimate of drug-likeness (QED) is 0.796. The van der Waals surface area contributed by atoms with Crippen LogP contribution in [0.3, 0.4) is 0 Å². The monoisotopic (exact) mass is 286 g/mol. The van der Waals surface area contributed by atoms with E-state index < -0.39 is 0 Å². The molecular weight excluding hydrogens is 264 g/mol. The predicted octanol–water partition coefficient (Wildman–Crippen LogP) is 2.97. The molecule has 0 atom stereocenters. The maximum absolute atomic E-state index is 11.8. The molecule has 0 aliphatic rings. The van der Waals surface area contributed by atoms with Crippen molar-refractivity contribution in [3.05, 3.63) is 52.9 Å². The highest BCUT2D eigenvalue weighted by molar-refractivity contribution is 5.76. The smallest absolute Gasteiger partial charge is 0.220 e. The van der Waals surface area contributed by atoms with E-state index in [4.69, 9.17) is 4.52 Å². The molecule has 1 aromatic heterocycles. The number of carbonyl (C=O) groups is 1. The first-order valence-corrected chi connectivity index (χ1v) is 7.39. The third-order valence-corrected chi connectivity index (χ3v) is 3.59. The molecule has 1 heterocycles. The molecule has 4 nitrogen and oxygen atoms in total. The summed E-state index contributed by atoms with van der Waals surface area (Å²) in [5.41, 5.74) is 3.24. The van der Waals surface area contributed by atoms with Crippen molar-refractivity contribution >= 4 is 5.91 Å². The van der Waals surface area contributed by atoms with E-state index in [2.05, 4.69) is 22.6 Å². The third-order valence-electron chi connectivity index (χ3n) is 3.59. The molecule has 112 valence electrons. The zero-order valence-corrected chi connectivity index (χ0v) is 12.7. The van der Waals surface area contributed by atoms with Crippen LogP contribution in [0.1, 0.15) is 35.4 Å². The number of hydrogen-bond donors (Lipinski definition) is 1. The molecule has 0 fully saturated rings. The SMILES string of the molecule is Cc1noc(C)c1CCC(=O)NCCCc1ccccc1. The average molecular weight is 286 g/mol. The third kappa shape index (κ3) is 4.74. The molecule has 2 rings (SSSR count). The molecule has 0 aliphatic heterocycles.